The predicted octanol–water partition coefficient (Wildman–Crippen LogP) is 1.88. The van der Waals surface area contributed by atoms with Crippen LogP contribution in [-0.4, -0.2) is 57.2 Å². The molecule has 3 unspecified atom stereocenters. The van der Waals surface area contributed by atoms with Gasteiger partial charge in [-0.05, 0) is 54.8 Å². The summed E-state index contributed by atoms with van der Waals surface area (Å²) >= 11 is 0. The SMILES string of the molecule is COc1ccc(OC(=O)C(C(=O)NC2(OC)CNC2=O)c2ccc(OC3CCCCO3)cc2)cc1. The molecule has 186 valence electrons. The third-order valence-electron chi connectivity index (χ3n) is 5.93. The van der Waals surface area contributed by atoms with Crippen molar-refractivity contribution in [2.75, 3.05) is 27.4 Å². The van der Waals surface area contributed by atoms with E-state index in [1.165, 1.54) is 14.2 Å². The Hall–Kier alpha value is -3.63. The number of hydrogen-bond acceptors (Lipinski definition) is 8. The van der Waals surface area contributed by atoms with E-state index < -0.39 is 29.4 Å². The fraction of sp³-hybridized carbons (Fsp3) is 0.400. The number of methoxy groups -OCH3 is 2. The van der Waals surface area contributed by atoms with Crippen LogP contribution in [0.5, 0.6) is 17.2 Å². The van der Waals surface area contributed by atoms with Gasteiger partial charge < -0.3 is 34.3 Å². The predicted molar refractivity (Wildman–Crippen MR) is 123 cm³/mol. The summed E-state index contributed by atoms with van der Waals surface area (Å²) in [5.41, 5.74) is -1.17. The Morgan fingerprint density at radius 3 is 2.26 bits per heavy atom. The van der Waals surface area contributed by atoms with Gasteiger partial charge in [0.1, 0.15) is 17.2 Å². The molecular formula is C25H28N2O8. The number of esters is 1. The van der Waals surface area contributed by atoms with Crippen molar-refractivity contribution in [2.24, 2.45) is 0 Å². The molecule has 2 amide bonds. The fourth-order valence-corrected chi connectivity index (χ4v) is 3.82. The van der Waals surface area contributed by atoms with Gasteiger partial charge in [0.05, 0.1) is 20.3 Å². The summed E-state index contributed by atoms with van der Waals surface area (Å²) in [6.45, 7) is 0.736. The van der Waals surface area contributed by atoms with E-state index in [-0.39, 0.29) is 18.6 Å². The van der Waals surface area contributed by atoms with Crippen LogP contribution in [-0.2, 0) is 23.9 Å². The molecule has 0 radical (unpaired) electrons. The summed E-state index contributed by atoms with van der Waals surface area (Å²) in [6, 6.07) is 12.9. The number of ether oxygens (including phenoxy) is 5. The minimum atomic E-state index is -1.53. The summed E-state index contributed by atoms with van der Waals surface area (Å²) in [4.78, 5) is 38.4. The van der Waals surface area contributed by atoms with Crippen LogP contribution in [0.3, 0.4) is 0 Å². The van der Waals surface area contributed by atoms with E-state index in [2.05, 4.69) is 10.6 Å². The van der Waals surface area contributed by atoms with Gasteiger partial charge >= 0.3 is 5.97 Å². The van der Waals surface area contributed by atoms with Crippen molar-refractivity contribution in [3.63, 3.8) is 0 Å². The highest BCUT2D eigenvalue weighted by molar-refractivity contribution is 6.06. The highest BCUT2D eigenvalue weighted by Gasteiger charge is 2.50. The van der Waals surface area contributed by atoms with Crippen molar-refractivity contribution < 1.29 is 38.1 Å². The molecule has 0 aliphatic carbocycles. The van der Waals surface area contributed by atoms with Crippen molar-refractivity contribution in [1.82, 2.24) is 10.6 Å². The van der Waals surface area contributed by atoms with Gasteiger partial charge in [-0.15, -0.1) is 0 Å². The highest BCUT2D eigenvalue weighted by atomic mass is 16.7. The van der Waals surface area contributed by atoms with Crippen LogP contribution in [0.2, 0.25) is 0 Å². The lowest BCUT2D eigenvalue weighted by Gasteiger charge is -2.40. The van der Waals surface area contributed by atoms with Gasteiger partial charge in [-0.2, -0.15) is 0 Å². The van der Waals surface area contributed by atoms with E-state index in [9.17, 15) is 14.4 Å². The second kappa shape index (κ2) is 10.7. The molecule has 2 aliphatic heterocycles. The van der Waals surface area contributed by atoms with Crippen LogP contribution >= 0.6 is 0 Å². The molecule has 0 aromatic heterocycles. The molecule has 2 aromatic carbocycles. The number of amides is 2. The fourth-order valence-electron chi connectivity index (χ4n) is 3.82. The molecule has 2 aromatic rings. The maximum absolute atomic E-state index is 13.2. The van der Waals surface area contributed by atoms with Crippen molar-refractivity contribution in [3.05, 3.63) is 54.1 Å². The Morgan fingerprint density at radius 2 is 1.71 bits per heavy atom. The van der Waals surface area contributed by atoms with Crippen molar-refractivity contribution >= 4 is 17.8 Å². The summed E-state index contributed by atoms with van der Waals surface area (Å²) in [5, 5.41) is 5.07. The number of benzene rings is 2. The molecule has 0 bridgehead atoms. The molecule has 10 heteroatoms. The molecule has 2 N–H and O–H groups in total. The molecule has 0 spiro atoms. The van der Waals surface area contributed by atoms with Crippen LogP contribution in [0.4, 0.5) is 0 Å². The summed E-state index contributed by atoms with van der Waals surface area (Å²) in [5.74, 6) is -2.02. The Labute approximate surface area is 202 Å². The molecule has 35 heavy (non-hydrogen) atoms. The van der Waals surface area contributed by atoms with E-state index >= 15 is 0 Å². The standard InChI is InChI=1S/C25H28N2O8/c1-31-17-10-12-19(13-11-17)35-23(29)21(22(28)27-25(32-2)15-26-24(25)30)16-6-8-18(9-7-16)34-20-5-3-4-14-33-20/h6-13,20-21H,3-5,14-15H2,1-2H3,(H,26,30)(H,27,28). The average Bonchev–Trinajstić information content (AvgIpc) is 2.88. The number of carbonyl (C=O) groups excluding carboxylic acids is 3. The molecule has 2 fully saturated rings. The van der Waals surface area contributed by atoms with Gasteiger partial charge in [0.25, 0.3) is 5.91 Å². The van der Waals surface area contributed by atoms with Crippen LogP contribution in [0.1, 0.15) is 30.7 Å². The lowest BCUT2D eigenvalue weighted by Crippen LogP contribution is -2.74. The van der Waals surface area contributed by atoms with Crippen LogP contribution in [0, 0.1) is 0 Å². The van der Waals surface area contributed by atoms with Gasteiger partial charge in [0.2, 0.25) is 11.6 Å². The smallest absolute Gasteiger partial charge is 0.328 e. The minimum absolute atomic E-state index is 0.0858. The maximum Gasteiger partial charge on any atom is 0.328 e. The first-order valence-electron chi connectivity index (χ1n) is 11.3. The third-order valence-corrected chi connectivity index (χ3v) is 5.93. The Bertz CT molecular complexity index is 1050. The summed E-state index contributed by atoms with van der Waals surface area (Å²) in [6.07, 6.45) is 2.50. The van der Waals surface area contributed by atoms with Gasteiger partial charge in [-0.25, -0.2) is 0 Å². The zero-order valence-electron chi connectivity index (χ0n) is 19.6. The molecule has 2 heterocycles. The van der Waals surface area contributed by atoms with E-state index in [1.807, 2.05) is 0 Å². The average molecular weight is 485 g/mol. The highest BCUT2D eigenvalue weighted by Crippen LogP contribution is 2.27. The van der Waals surface area contributed by atoms with Crippen LogP contribution < -0.4 is 24.8 Å². The quantitative estimate of drug-likeness (QED) is 0.182. The van der Waals surface area contributed by atoms with Crippen LogP contribution in [0.25, 0.3) is 0 Å². The largest absolute Gasteiger partial charge is 0.497 e. The molecule has 2 saturated heterocycles. The van der Waals surface area contributed by atoms with E-state index in [0.717, 1.165) is 19.3 Å². The maximum atomic E-state index is 13.2. The Kier molecular flexibility index (Phi) is 7.52. The number of rotatable bonds is 9. The van der Waals surface area contributed by atoms with E-state index in [4.69, 9.17) is 23.7 Å². The molecule has 3 atom stereocenters. The first-order valence-corrected chi connectivity index (χ1v) is 11.3. The number of hydrogen-bond donors (Lipinski definition) is 2. The van der Waals surface area contributed by atoms with Gasteiger partial charge in [-0.1, -0.05) is 12.1 Å². The zero-order chi connectivity index (χ0) is 24.8. The van der Waals surface area contributed by atoms with Crippen molar-refractivity contribution in [2.45, 2.75) is 37.2 Å². The number of β-lactam (4-membered cyclic amide) rings is 1. The van der Waals surface area contributed by atoms with E-state index in [1.54, 1.807) is 48.5 Å². The Balaban J connectivity index is 1.54. The topological polar surface area (TPSA) is 121 Å². The van der Waals surface area contributed by atoms with E-state index in [0.29, 0.717) is 23.7 Å². The van der Waals surface area contributed by atoms with Gasteiger partial charge in [0.15, 0.2) is 12.2 Å². The Morgan fingerprint density at radius 1 is 1.03 bits per heavy atom. The molecular weight excluding hydrogens is 456 g/mol. The number of carbonyl (C=O) groups is 3. The molecule has 4 rings (SSSR count). The first kappa shape index (κ1) is 24.5. The van der Waals surface area contributed by atoms with Crippen LogP contribution in [0.15, 0.2) is 48.5 Å². The second-order valence-electron chi connectivity index (χ2n) is 8.22. The molecule has 0 saturated carbocycles. The lowest BCUT2D eigenvalue weighted by atomic mass is 9.96. The third kappa shape index (κ3) is 5.55. The normalized spacial score (nSPS) is 22.2. The minimum Gasteiger partial charge on any atom is -0.497 e. The van der Waals surface area contributed by atoms with Gasteiger partial charge in [-0.3, -0.25) is 14.4 Å². The summed E-state index contributed by atoms with van der Waals surface area (Å²) in [7, 11) is 2.83. The van der Waals surface area contributed by atoms with Crippen molar-refractivity contribution in [3.8, 4) is 17.2 Å². The molecule has 10 nitrogen and oxygen atoms in total. The molecule has 2 aliphatic rings. The first-order chi connectivity index (χ1) is 16.9. The number of nitrogens with one attached hydrogen (secondary N) is 2. The zero-order valence-corrected chi connectivity index (χ0v) is 19.6. The van der Waals surface area contributed by atoms with Crippen molar-refractivity contribution in [1.29, 1.82) is 0 Å². The second-order valence-corrected chi connectivity index (χ2v) is 8.22. The lowest BCUT2D eigenvalue weighted by molar-refractivity contribution is -0.168. The monoisotopic (exact) mass is 484 g/mol. The summed E-state index contributed by atoms with van der Waals surface area (Å²) < 4.78 is 27.3. The van der Waals surface area contributed by atoms with Gasteiger partial charge in [0, 0.05) is 13.5 Å².